The lowest BCUT2D eigenvalue weighted by Crippen LogP contribution is -2.31. The first kappa shape index (κ1) is 12.2. The fraction of sp³-hybridized carbons (Fsp3) is 0.625. The molecule has 2 N–H and O–H groups in total. The van der Waals surface area contributed by atoms with Crippen molar-refractivity contribution in [3.63, 3.8) is 0 Å². The molecule has 0 amide bonds. The second-order valence-electron chi connectivity index (χ2n) is 3.38. The first-order chi connectivity index (χ1) is 7.03. The predicted molar refractivity (Wildman–Crippen MR) is 53.9 cm³/mol. The minimum absolute atomic E-state index is 0.0309. The minimum Gasteiger partial charge on any atom is -0.240 e. The Labute approximate surface area is 89.3 Å². The highest BCUT2D eigenvalue weighted by atomic mass is 32.2. The Morgan fingerprint density at radius 2 is 2.20 bits per heavy atom. The van der Waals surface area contributed by atoms with Crippen LogP contribution < -0.4 is 10.5 Å². The van der Waals surface area contributed by atoms with Crippen LogP contribution in [0.5, 0.6) is 0 Å². The third-order valence-corrected chi connectivity index (χ3v) is 3.11. The number of rotatable bonds is 6. The Morgan fingerprint density at radius 1 is 1.47 bits per heavy atom. The zero-order valence-corrected chi connectivity index (χ0v) is 9.48. The van der Waals surface area contributed by atoms with Gasteiger partial charge >= 0.3 is 0 Å². The fourth-order valence-electron chi connectivity index (χ4n) is 1.26. The van der Waals surface area contributed by atoms with Gasteiger partial charge in [0.25, 0.3) is 10.1 Å². The molecule has 0 bridgehead atoms. The predicted octanol–water partition coefficient (Wildman–Crippen LogP) is -0.687. The Balaban J connectivity index is 2.23. The van der Waals surface area contributed by atoms with E-state index >= 15 is 0 Å². The van der Waals surface area contributed by atoms with Gasteiger partial charge in [-0.1, -0.05) is 0 Å². The van der Waals surface area contributed by atoms with E-state index in [1.807, 2.05) is 34.9 Å². The second kappa shape index (κ2) is 5.24. The van der Waals surface area contributed by atoms with Crippen LogP contribution in [0.25, 0.3) is 0 Å². The molecule has 1 rings (SSSR count). The molecule has 6 nitrogen and oxygen atoms in total. The highest BCUT2D eigenvalue weighted by Crippen LogP contribution is 1.96. The van der Waals surface area contributed by atoms with Crippen molar-refractivity contribution in [2.75, 3.05) is 5.75 Å². The maximum absolute atomic E-state index is 10.9. The van der Waals surface area contributed by atoms with Crippen molar-refractivity contribution in [2.45, 2.75) is 19.4 Å². The molecule has 0 spiro atoms. The summed E-state index contributed by atoms with van der Waals surface area (Å²) in [4.78, 5) is 0. The van der Waals surface area contributed by atoms with Gasteiger partial charge in [-0.05, 0) is 12.8 Å². The molecule has 86 valence electrons. The van der Waals surface area contributed by atoms with Crippen LogP contribution in [0, 0.1) is 0 Å². The van der Waals surface area contributed by atoms with E-state index in [4.69, 9.17) is 0 Å². The molecule has 0 aliphatic rings. The molecule has 0 saturated heterocycles. The molecule has 1 heterocycles. The van der Waals surface area contributed by atoms with E-state index in [1.54, 1.807) is 0 Å². The molecule has 15 heavy (non-hydrogen) atoms. The van der Waals surface area contributed by atoms with Crippen molar-refractivity contribution in [2.24, 2.45) is 12.9 Å². The normalized spacial score (nSPS) is 11.9. The van der Waals surface area contributed by atoms with Gasteiger partial charge in [0.1, 0.15) is 12.4 Å². The molecule has 0 aliphatic carbocycles. The van der Waals surface area contributed by atoms with Crippen molar-refractivity contribution in [1.82, 2.24) is 4.57 Å². The van der Waals surface area contributed by atoms with Crippen LogP contribution in [0.15, 0.2) is 18.7 Å². The van der Waals surface area contributed by atoms with Crippen LogP contribution in [-0.2, 0) is 28.0 Å². The zero-order valence-electron chi connectivity index (χ0n) is 8.67. The van der Waals surface area contributed by atoms with E-state index in [0.29, 0.717) is 6.42 Å². The summed E-state index contributed by atoms with van der Waals surface area (Å²) in [6, 6.07) is 0. The highest BCUT2D eigenvalue weighted by molar-refractivity contribution is 7.86. The van der Waals surface area contributed by atoms with E-state index in [2.05, 4.69) is 10.2 Å². The molecule has 0 aromatic carbocycles. The van der Waals surface area contributed by atoms with Gasteiger partial charge in [-0.15, -0.1) is 0 Å². The van der Waals surface area contributed by atoms with E-state index in [0.717, 1.165) is 13.0 Å². The summed E-state index contributed by atoms with van der Waals surface area (Å²) in [7, 11) is -1.57. The number of imidazole rings is 1. The summed E-state index contributed by atoms with van der Waals surface area (Å²) in [5.74, 6) is 4.58. The lowest BCUT2D eigenvalue weighted by atomic mass is 10.3. The van der Waals surface area contributed by atoms with Gasteiger partial charge in [0.05, 0.1) is 19.3 Å². The summed E-state index contributed by atoms with van der Waals surface area (Å²) in [5.41, 5.74) is 0. The summed E-state index contributed by atoms with van der Waals surface area (Å²) in [6.07, 6.45) is 7.13. The summed E-state index contributed by atoms with van der Waals surface area (Å²) >= 11 is 0. The average molecular weight is 234 g/mol. The van der Waals surface area contributed by atoms with Gasteiger partial charge in [-0.3, -0.25) is 0 Å². The molecule has 1 aromatic heterocycles. The number of hydrogen-bond donors (Lipinski definition) is 1. The number of hydrogen-bond acceptors (Lipinski definition) is 4. The molecule has 7 heteroatoms. The fourth-order valence-corrected chi connectivity index (χ4v) is 1.91. The van der Waals surface area contributed by atoms with Crippen molar-refractivity contribution in [1.29, 1.82) is 0 Å². The molecule has 0 saturated carbocycles. The topological polar surface area (TPSA) is 78.2 Å². The summed E-state index contributed by atoms with van der Waals surface area (Å²) in [5, 5.41) is 0. The monoisotopic (exact) mass is 234 g/mol. The van der Waals surface area contributed by atoms with Crippen LogP contribution >= 0.6 is 0 Å². The van der Waals surface area contributed by atoms with Crippen LogP contribution in [0.3, 0.4) is 0 Å². The van der Waals surface area contributed by atoms with Gasteiger partial charge < -0.3 is 0 Å². The summed E-state index contributed by atoms with van der Waals surface area (Å²) in [6.45, 7) is 0.793. The van der Waals surface area contributed by atoms with Gasteiger partial charge in [0, 0.05) is 0 Å². The van der Waals surface area contributed by atoms with Gasteiger partial charge in [0.15, 0.2) is 0 Å². The van der Waals surface area contributed by atoms with Crippen molar-refractivity contribution < 1.29 is 17.3 Å². The smallest absolute Gasteiger partial charge is 0.240 e. The van der Waals surface area contributed by atoms with Crippen molar-refractivity contribution >= 4 is 10.1 Å². The third-order valence-electron chi connectivity index (χ3n) is 2.03. The second-order valence-corrected chi connectivity index (χ2v) is 5.10. The first-order valence-corrected chi connectivity index (χ1v) is 6.23. The Kier molecular flexibility index (Phi) is 4.25. The maximum atomic E-state index is 10.9. The van der Waals surface area contributed by atoms with Gasteiger partial charge in [0.2, 0.25) is 6.33 Å². The molecule has 0 radical (unpaired) electrons. The Morgan fingerprint density at radius 3 is 2.73 bits per heavy atom. The van der Waals surface area contributed by atoms with Gasteiger partial charge in [-0.25, -0.2) is 9.13 Å². The molecule has 1 aromatic rings. The third kappa shape index (κ3) is 4.41. The molecular formula is C8H16N3O3S+. The molecular weight excluding hydrogens is 218 g/mol. The average Bonchev–Trinajstić information content (AvgIpc) is 2.59. The standard InChI is InChI=1S/C8H16N3O3S/c1-10-5-6-11(8-10)4-2-3-7-15(12,13)14-9/h5-6,8H,2-4,7,9H2,1H3/q+1. The lowest BCUT2D eigenvalue weighted by Gasteiger charge is -1.99. The zero-order chi connectivity index (χ0) is 11.3. The van der Waals surface area contributed by atoms with Crippen molar-refractivity contribution in [3.8, 4) is 0 Å². The molecule has 0 aliphatic heterocycles. The molecule has 0 atom stereocenters. The number of nitrogens with two attached hydrogens (primary N) is 1. The largest absolute Gasteiger partial charge is 0.283 e. The van der Waals surface area contributed by atoms with Crippen LogP contribution in [-0.4, -0.2) is 18.7 Å². The Hall–Kier alpha value is -0.920. The van der Waals surface area contributed by atoms with Crippen LogP contribution in [0.2, 0.25) is 0 Å². The van der Waals surface area contributed by atoms with Crippen LogP contribution in [0.1, 0.15) is 12.8 Å². The molecule has 0 unspecified atom stereocenters. The quantitative estimate of drug-likeness (QED) is 0.401. The lowest BCUT2D eigenvalue weighted by molar-refractivity contribution is -0.696. The number of aryl methyl sites for hydroxylation is 2. The summed E-state index contributed by atoms with van der Waals surface area (Å²) < 4.78 is 29.5. The molecule has 0 fully saturated rings. The van der Waals surface area contributed by atoms with Crippen molar-refractivity contribution in [3.05, 3.63) is 18.7 Å². The number of unbranched alkanes of at least 4 members (excludes halogenated alkanes) is 1. The Bertz CT molecular complexity index is 399. The first-order valence-electron chi connectivity index (χ1n) is 4.65. The van der Waals surface area contributed by atoms with E-state index in [1.165, 1.54) is 0 Å². The van der Waals surface area contributed by atoms with E-state index in [-0.39, 0.29) is 5.75 Å². The number of nitrogens with zero attached hydrogens (tertiary/aromatic N) is 2. The SMILES string of the molecule is Cn1cc[n+](CCCCS(=O)(=O)ON)c1. The number of aromatic nitrogens is 2. The van der Waals surface area contributed by atoms with E-state index < -0.39 is 10.1 Å². The minimum atomic E-state index is -3.51. The van der Waals surface area contributed by atoms with E-state index in [9.17, 15) is 8.42 Å². The van der Waals surface area contributed by atoms with Gasteiger partial charge in [-0.2, -0.15) is 18.6 Å². The van der Waals surface area contributed by atoms with Crippen LogP contribution in [0.4, 0.5) is 0 Å². The maximum Gasteiger partial charge on any atom is 0.283 e. The highest BCUT2D eigenvalue weighted by Gasteiger charge is 2.09.